The van der Waals surface area contributed by atoms with Gasteiger partial charge in [-0.15, -0.1) is 0 Å². The summed E-state index contributed by atoms with van der Waals surface area (Å²) in [6.07, 6.45) is 0. The molecule has 8 nitrogen and oxygen atoms in total. The van der Waals surface area contributed by atoms with Crippen molar-refractivity contribution in [3.63, 3.8) is 0 Å². The second kappa shape index (κ2) is 9.06. The summed E-state index contributed by atoms with van der Waals surface area (Å²) in [5, 5.41) is 2.72. The van der Waals surface area contributed by atoms with Crippen LogP contribution in [0.2, 0.25) is 0 Å². The van der Waals surface area contributed by atoms with Crippen molar-refractivity contribution in [3.8, 4) is 5.75 Å². The minimum atomic E-state index is -3.81. The van der Waals surface area contributed by atoms with Gasteiger partial charge in [0.25, 0.3) is 5.91 Å². The third-order valence-corrected chi connectivity index (χ3v) is 6.07. The van der Waals surface area contributed by atoms with Gasteiger partial charge in [0.15, 0.2) is 0 Å². The number of aryl methyl sites for hydroxylation is 1. The van der Waals surface area contributed by atoms with E-state index >= 15 is 0 Å². The van der Waals surface area contributed by atoms with Gasteiger partial charge in [-0.05, 0) is 37.3 Å². The van der Waals surface area contributed by atoms with E-state index in [0.29, 0.717) is 5.69 Å². The number of nitrogens with zero attached hydrogens (tertiary/aromatic N) is 2. The van der Waals surface area contributed by atoms with Crippen molar-refractivity contribution in [3.05, 3.63) is 53.6 Å². The van der Waals surface area contributed by atoms with Crippen LogP contribution in [0.15, 0.2) is 47.4 Å². The summed E-state index contributed by atoms with van der Waals surface area (Å²) < 4.78 is 31.2. The predicted molar refractivity (Wildman–Crippen MR) is 111 cm³/mol. The molecule has 2 aromatic carbocycles. The van der Waals surface area contributed by atoms with Gasteiger partial charge in [-0.1, -0.05) is 17.7 Å². The number of likely N-dealkylation sites (N-methyl/N-ethyl adjacent to an activating group) is 1. The van der Waals surface area contributed by atoms with Crippen LogP contribution in [0.3, 0.4) is 0 Å². The number of nitrogens with one attached hydrogen (secondary N) is 1. The van der Waals surface area contributed by atoms with Crippen molar-refractivity contribution in [1.82, 2.24) is 9.21 Å². The van der Waals surface area contributed by atoms with Gasteiger partial charge in [0.2, 0.25) is 15.9 Å². The van der Waals surface area contributed by atoms with Crippen LogP contribution in [0.5, 0.6) is 5.75 Å². The third-order valence-electron chi connectivity index (χ3n) is 4.23. The van der Waals surface area contributed by atoms with Gasteiger partial charge in [-0.2, -0.15) is 0 Å². The van der Waals surface area contributed by atoms with Gasteiger partial charge < -0.3 is 15.0 Å². The first kappa shape index (κ1) is 22.4. The summed E-state index contributed by atoms with van der Waals surface area (Å²) in [5.41, 5.74) is 1.83. The Morgan fingerprint density at radius 3 is 2.21 bits per heavy atom. The minimum absolute atomic E-state index is 0.117. The normalized spacial score (nSPS) is 11.2. The summed E-state index contributed by atoms with van der Waals surface area (Å²) in [5.74, 6) is -0.712. The summed E-state index contributed by atoms with van der Waals surface area (Å²) in [7, 11) is 1.80. The number of hydrogen-bond acceptors (Lipinski definition) is 5. The van der Waals surface area contributed by atoms with Crippen LogP contribution in [0.25, 0.3) is 0 Å². The third kappa shape index (κ3) is 5.33. The average molecular weight is 420 g/mol. The first-order chi connectivity index (χ1) is 13.6. The largest absolute Gasteiger partial charge is 0.495 e. The van der Waals surface area contributed by atoms with Crippen molar-refractivity contribution in [2.45, 2.75) is 11.8 Å². The highest BCUT2D eigenvalue weighted by atomic mass is 32.2. The van der Waals surface area contributed by atoms with Crippen LogP contribution in [0.1, 0.15) is 15.9 Å². The Kier molecular flexibility index (Phi) is 6.99. The molecular formula is C20H25N3O5S. The number of sulfonamides is 1. The average Bonchev–Trinajstić information content (AvgIpc) is 2.68. The van der Waals surface area contributed by atoms with Crippen LogP contribution in [0, 0.1) is 6.92 Å². The fraction of sp³-hybridized carbons (Fsp3) is 0.300. The maximum atomic E-state index is 12.7. The molecule has 0 aromatic heterocycles. The van der Waals surface area contributed by atoms with Crippen LogP contribution in [-0.2, 0) is 14.8 Å². The second-order valence-corrected chi connectivity index (χ2v) is 8.85. The molecule has 1 N–H and O–H groups in total. The number of hydrogen-bond donors (Lipinski definition) is 1. The topological polar surface area (TPSA) is 96.0 Å². The molecule has 0 heterocycles. The fourth-order valence-electron chi connectivity index (χ4n) is 2.55. The highest BCUT2D eigenvalue weighted by Gasteiger charge is 2.25. The maximum Gasteiger partial charge on any atom is 0.254 e. The number of methoxy groups -OCH3 is 1. The highest BCUT2D eigenvalue weighted by Crippen LogP contribution is 2.27. The van der Waals surface area contributed by atoms with E-state index in [1.54, 1.807) is 12.1 Å². The number of carbonyl (C=O) groups is 2. The van der Waals surface area contributed by atoms with E-state index in [4.69, 9.17) is 4.74 Å². The Bertz CT molecular complexity index is 1000. The van der Waals surface area contributed by atoms with Crippen LogP contribution < -0.4 is 10.1 Å². The lowest BCUT2D eigenvalue weighted by molar-refractivity contribution is -0.116. The molecule has 0 aliphatic heterocycles. The molecule has 2 aromatic rings. The Labute approximate surface area is 171 Å². The summed E-state index contributed by atoms with van der Waals surface area (Å²) in [4.78, 5) is 26.1. The van der Waals surface area contributed by atoms with Crippen LogP contribution in [-0.4, -0.2) is 64.2 Å². The Balaban J connectivity index is 2.18. The molecule has 0 atom stereocenters. The zero-order chi connectivity index (χ0) is 21.8. The molecule has 0 saturated carbocycles. The van der Waals surface area contributed by atoms with Gasteiger partial charge in [-0.3, -0.25) is 9.59 Å². The quantitative estimate of drug-likeness (QED) is 0.740. The molecule has 2 amide bonds. The lowest BCUT2D eigenvalue weighted by Crippen LogP contribution is -2.35. The summed E-state index contributed by atoms with van der Waals surface area (Å²) >= 11 is 0. The predicted octanol–water partition coefficient (Wildman–Crippen LogP) is 1.96. The number of anilines is 1. The van der Waals surface area contributed by atoms with Crippen LogP contribution >= 0.6 is 0 Å². The van der Waals surface area contributed by atoms with Gasteiger partial charge in [0, 0.05) is 32.4 Å². The molecule has 29 heavy (non-hydrogen) atoms. The van der Waals surface area contributed by atoms with Crippen molar-refractivity contribution in [2.24, 2.45) is 0 Å². The van der Waals surface area contributed by atoms with Gasteiger partial charge >= 0.3 is 0 Å². The van der Waals surface area contributed by atoms with E-state index in [9.17, 15) is 18.0 Å². The number of rotatable bonds is 7. The van der Waals surface area contributed by atoms with E-state index in [1.165, 1.54) is 51.4 Å². The van der Waals surface area contributed by atoms with Gasteiger partial charge in [-0.25, -0.2) is 12.7 Å². The Morgan fingerprint density at radius 1 is 1.03 bits per heavy atom. The second-order valence-electron chi connectivity index (χ2n) is 6.73. The standard InChI is InChI=1S/C20H25N3O5S/c1-14-6-9-16(10-7-14)21-19(24)13-23(4)20(25)15-8-11-17(28-5)18(12-15)29(26,27)22(2)3/h6-12H,13H2,1-5H3,(H,21,24). The number of benzene rings is 2. The molecule has 156 valence electrons. The van der Waals surface area contributed by atoms with Crippen LogP contribution in [0.4, 0.5) is 5.69 Å². The molecule has 0 spiro atoms. The van der Waals surface area contributed by atoms with E-state index in [-0.39, 0.29) is 28.7 Å². The lowest BCUT2D eigenvalue weighted by Gasteiger charge is -2.19. The number of carbonyl (C=O) groups excluding carboxylic acids is 2. The Hall–Kier alpha value is -2.91. The monoisotopic (exact) mass is 419 g/mol. The zero-order valence-corrected chi connectivity index (χ0v) is 17.9. The first-order valence-corrected chi connectivity index (χ1v) is 10.2. The van der Waals surface area contributed by atoms with Crippen molar-refractivity contribution < 1.29 is 22.7 Å². The van der Waals surface area contributed by atoms with E-state index in [0.717, 1.165) is 9.87 Å². The minimum Gasteiger partial charge on any atom is -0.495 e. The molecule has 0 radical (unpaired) electrons. The fourth-order valence-corrected chi connectivity index (χ4v) is 3.63. The van der Waals surface area contributed by atoms with Crippen molar-refractivity contribution in [2.75, 3.05) is 40.1 Å². The van der Waals surface area contributed by atoms with E-state index in [2.05, 4.69) is 5.32 Å². The molecule has 0 saturated heterocycles. The highest BCUT2D eigenvalue weighted by molar-refractivity contribution is 7.89. The number of amides is 2. The summed E-state index contributed by atoms with van der Waals surface area (Å²) in [6.45, 7) is 1.76. The first-order valence-electron chi connectivity index (χ1n) is 8.79. The van der Waals surface area contributed by atoms with Gasteiger partial charge in [0.1, 0.15) is 10.6 Å². The molecular weight excluding hydrogens is 394 g/mol. The van der Waals surface area contributed by atoms with Crippen molar-refractivity contribution >= 4 is 27.5 Å². The molecule has 0 bridgehead atoms. The molecule has 2 rings (SSSR count). The smallest absolute Gasteiger partial charge is 0.254 e. The van der Waals surface area contributed by atoms with Gasteiger partial charge in [0.05, 0.1) is 13.7 Å². The van der Waals surface area contributed by atoms with E-state index < -0.39 is 15.9 Å². The van der Waals surface area contributed by atoms with E-state index in [1.807, 2.05) is 19.1 Å². The molecule has 0 aliphatic rings. The maximum absolute atomic E-state index is 12.7. The summed E-state index contributed by atoms with van der Waals surface area (Å²) in [6, 6.07) is 11.4. The Morgan fingerprint density at radius 2 is 1.66 bits per heavy atom. The van der Waals surface area contributed by atoms with Crippen molar-refractivity contribution in [1.29, 1.82) is 0 Å². The molecule has 0 fully saturated rings. The number of ether oxygens (including phenoxy) is 1. The molecule has 0 aliphatic carbocycles. The molecule has 9 heteroatoms. The zero-order valence-electron chi connectivity index (χ0n) is 17.1. The lowest BCUT2D eigenvalue weighted by atomic mass is 10.2. The molecule has 0 unspecified atom stereocenters. The SMILES string of the molecule is COc1ccc(C(=O)N(C)CC(=O)Nc2ccc(C)cc2)cc1S(=O)(=O)N(C)C.